The minimum absolute atomic E-state index is 0.0259. The molecule has 0 saturated carbocycles. The number of rotatable bonds is 4. The molecular weight excluding hydrogens is 246 g/mol. The molecule has 106 valence electrons. The minimum Gasteiger partial charge on any atom is -0.349 e. The molecule has 0 radical (unpaired) electrons. The average molecular weight is 269 g/mol. The van der Waals surface area contributed by atoms with Gasteiger partial charge in [-0.05, 0) is 35.7 Å². The van der Waals surface area contributed by atoms with Crippen LogP contribution in [-0.2, 0) is 4.79 Å². The molecule has 2 heteroatoms. The van der Waals surface area contributed by atoms with E-state index < -0.39 is 0 Å². The summed E-state index contributed by atoms with van der Waals surface area (Å²) in [6.07, 6.45) is 0.837. The van der Waals surface area contributed by atoms with Gasteiger partial charge in [0.2, 0.25) is 5.91 Å². The lowest BCUT2D eigenvalue weighted by Gasteiger charge is -2.25. The normalized spacial score (nSPS) is 13.2. The molecule has 0 aliphatic heterocycles. The third-order valence-electron chi connectivity index (χ3n) is 4.12. The Morgan fingerprint density at radius 1 is 1.15 bits per heavy atom. The van der Waals surface area contributed by atoms with Crippen molar-refractivity contribution in [3.05, 3.63) is 48.0 Å². The summed E-state index contributed by atoms with van der Waals surface area (Å²) in [7, 11) is 0. The van der Waals surface area contributed by atoms with E-state index in [-0.39, 0.29) is 17.4 Å². The zero-order chi connectivity index (χ0) is 14.8. The van der Waals surface area contributed by atoms with Crippen molar-refractivity contribution in [2.75, 3.05) is 0 Å². The molecule has 2 rings (SSSR count). The maximum Gasteiger partial charge on any atom is 0.226 e. The first-order chi connectivity index (χ1) is 9.44. The highest BCUT2D eigenvalue weighted by atomic mass is 16.2. The number of carbonyl (C=O) groups excluding carboxylic acids is 1. The van der Waals surface area contributed by atoms with Gasteiger partial charge in [-0.15, -0.1) is 0 Å². The number of nitrogens with one attached hydrogen (secondary N) is 1. The third kappa shape index (κ3) is 3.01. The van der Waals surface area contributed by atoms with Crippen LogP contribution in [0.4, 0.5) is 0 Å². The zero-order valence-electron chi connectivity index (χ0n) is 12.7. The van der Waals surface area contributed by atoms with Crippen molar-refractivity contribution in [3.63, 3.8) is 0 Å². The molecule has 0 aromatic heterocycles. The maximum absolute atomic E-state index is 12.2. The Hall–Kier alpha value is -1.83. The number of fused-ring (bicyclic) bond motifs is 1. The Morgan fingerprint density at radius 3 is 2.45 bits per heavy atom. The summed E-state index contributed by atoms with van der Waals surface area (Å²) in [5, 5.41) is 5.55. The number of hydrogen-bond donors (Lipinski definition) is 1. The molecule has 20 heavy (non-hydrogen) atoms. The molecule has 0 aliphatic carbocycles. The fourth-order valence-electron chi connectivity index (χ4n) is 2.11. The first-order valence-electron chi connectivity index (χ1n) is 7.23. The smallest absolute Gasteiger partial charge is 0.226 e. The summed E-state index contributed by atoms with van der Waals surface area (Å²) in [6, 6.07) is 14.7. The van der Waals surface area contributed by atoms with Crippen molar-refractivity contribution in [1.82, 2.24) is 5.32 Å². The second kappa shape index (κ2) is 5.66. The van der Waals surface area contributed by atoms with Gasteiger partial charge in [0.05, 0.1) is 6.04 Å². The summed E-state index contributed by atoms with van der Waals surface area (Å²) in [4.78, 5) is 12.2. The van der Waals surface area contributed by atoms with Crippen LogP contribution in [0, 0.1) is 5.41 Å². The minimum atomic E-state index is -0.314. The number of amides is 1. The van der Waals surface area contributed by atoms with E-state index in [1.54, 1.807) is 0 Å². The Bertz CT molecular complexity index is 616. The van der Waals surface area contributed by atoms with Crippen LogP contribution in [-0.4, -0.2) is 5.91 Å². The Labute approximate surface area is 121 Å². The van der Waals surface area contributed by atoms with E-state index in [0.29, 0.717) is 0 Å². The van der Waals surface area contributed by atoms with Crippen LogP contribution in [0.25, 0.3) is 10.8 Å². The molecule has 0 aliphatic rings. The number of hydrogen-bond acceptors (Lipinski definition) is 1. The van der Waals surface area contributed by atoms with Crippen molar-refractivity contribution < 1.29 is 4.79 Å². The van der Waals surface area contributed by atoms with Gasteiger partial charge in [-0.25, -0.2) is 0 Å². The van der Waals surface area contributed by atoms with Crippen LogP contribution in [0.5, 0.6) is 0 Å². The van der Waals surface area contributed by atoms with E-state index in [0.717, 1.165) is 12.0 Å². The van der Waals surface area contributed by atoms with E-state index in [9.17, 15) is 4.79 Å². The highest BCUT2D eigenvalue weighted by molar-refractivity contribution is 5.84. The van der Waals surface area contributed by atoms with Gasteiger partial charge in [-0.3, -0.25) is 4.79 Å². The van der Waals surface area contributed by atoms with Crippen LogP contribution < -0.4 is 5.32 Å². The zero-order valence-corrected chi connectivity index (χ0v) is 12.7. The first kappa shape index (κ1) is 14.6. The molecule has 1 amide bonds. The second-order valence-corrected chi connectivity index (χ2v) is 6.04. The lowest BCUT2D eigenvalue weighted by Crippen LogP contribution is -2.37. The first-order valence-corrected chi connectivity index (χ1v) is 7.23. The van der Waals surface area contributed by atoms with E-state index in [1.807, 2.05) is 39.8 Å². The van der Waals surface area contributed by atoms with Gasteiger partial charge in [-0.2, -0.15) is 0 Å². The van der Waals surface area contributed by atoms with E-state index in [2.05, 4.69) is 35.6 Å². The standard InChI is InChI=1S/C18H23NO/c1-5-18(3,4)17(20)19-13(2)15-11-10-14-8-6-7-9-16(14)12-15/h6-13H,5H2,1-4H3,(H,19,20). The Kier molecular flexibility index (Phi) is 4.12. The number of benzene rings is 2. The van der Waals surface area contributed by atoms with E-state index in [1.165, 1.54) is 10.8 Å². The van der Waals surface area contributed by atoms with E-state index >= 15 is 0 Å². The van der Waals surface area contributed by atoms with Gasteiger partial charge in [-0.1, -0.05) is 57.2 Å². The van der Waals surface area contributed by atoms with Gasteiger partial charge in [0, 0.05) is 5.41 Å². The molecule has 2 aromatic rings. The van der Waals surface area contributed by atoms with Gasteiger partial charge < -0.3 is 5.32 Å². The second-order valence-electron chi connectivity index (χ2n) is 6.04. The fourth-order valence-corrected chi connectivity index (χ4v) is 2.11. The van der Waals surface area contributed by atoms with E-state index in [4.69, 9.17) is 0 Å². The average Bonchev–Trinajstić information content (AvgIpc) is 2.46. The van der Waals surface area contributed by atoms with Crippen LogP contribution in [0.2, 0.25) is 0 Å². The Morgan fingerprint density at radius 2 is 1.80 bits per heavy atom. The molecule has 0 fully saturated rings. The third-order valence-corrected chi connectivity index (χ3v) is 4.12. The van der Waals surface area contributed by atoms with Crippen molar-refractivity contribution in [2.45, 2.75) is 40.2 Å². The fraction of sp³-hybridized carbons (Fsp3) is 0.389. The summed E-state index contributed by atoms with van der Waals surface area (Å²) in [5.74, 6) is 0.112. The lowest BCUT2D eigenvalue weighted by molar-refractivity contribution is -0.130. The summed E-state index contributed by atoms with van der Waals surface area (Å²) in [6.45, 7) is 8.04. The number of carbonyl (C=O) groups is 1. The van der Waals surface area contributed by atoms with Gasteiger partial charge in [0.1, 0.15) is 0 Å². The van der Waals surface area contributed by atoms with Crippen LogP contribution in [0.3, 0.4) is 0 Å². The van der Waals surface area contributed by atoms with Crippen LogP contribution >= 0.6 is 0 Å². The molecule has 2 nitrogen and oxygen atoms in total. The topological polar surface area (TPSA) is 29.1 Å². The highest BCUT2D eigenvalue weighted by Crippen LogP contribution is 2.24. The highest BCUT2D eigenvalue weighted by Gasteiger charge is 2.26. The molecule has 0 saturated heterocycles. The van der Waals surface area contributed by atoms with Gasteiger partial charge in [0.15, 0.2) is 0 Å². The molecule has 2 aromatic carbocycles. The maximum atomic E-state index is 12.2. The predicted octanol–water partition coefficient (Wildman–Crippen LogP) is 4.45. The summed E-state index contributed by atoms with van der Waals surface area (Å²) in [5.41, 5.74) is 0.828. The molecular formula is C18H23NO. The molecule has 0 bridgehead atoms. The molecule has 0 heterocycles. The lowest BCUT2D eigenvalue weighted by atomic mass is 9.88. The van der Waals surface area contributed by atoms with Crippen molar-refractivity contribution >= 4 is 16.7 Å². The summed E-state index contributed by atoms with van der Waals surface area (Å²) < 4.78 is 0. The largest absolute Gasteiger partial charge is 0.349 e. The molecule has 1 atom stereocenters. The van der Waals surface area contributed by atoms with Crippen LogP contribution in [0.1, 0.15) is 45.7 Å². The quantitative estimate of drug-likeness (QED) is 0.872. The van der Waals surface area contributed by atoms with Crippen molar-refractivity contribution in [1.29, 1.82) is 0 Å². The van der Waals surface area contributed by atoms with Gasteiger partial charge >= 0.3 is 0 Å². The molecule has 1 unspecified atom stereocenters. The molecule has 0 spiro atoms. The predicted molar refractivity (Wildman–Crippen MR) is 84.6 cm³/mol. The van der Waals surface area contributed by atoms with Crippen LogP contribution in [0.15, 0.2) is 42.5 Å². The molecule has 1 N–H and O–H groups in total. The van der Waals surface area contributed by atoms with Gasteiger partial charge in [0.25, 0.3) is 0 Å². The monoisotopic (exact) mass is 269 g/mol. The van der Waals surface area contributed by atoms with Crippen molar-refractivity contribution in [2.24, 2.45) is 5.41 Å². The Balaban J connectivity index is 2.19. The SMILES string of the molecule is CCC(C)(C)C(=O)NC(C)c1ccc2ccccc2c1. The van der Waals surface area contributed by atoms with Crippen molar-refractivity contribution in [3.8, 4) is 0 Å². The summed E-state index contributed by atoms with van der Waals surface area (Å²) >= 11 is 0.